The van der Waals surface area contributed by atoms with Crippen molar-refractivity contribution in [3.8, 4) is 11.3 Å². The van der Waals surface area contributed by atoms with Gasteiger partial charge < -0.3 is 8.83 Å². The molecule has 0 bridgehead atoms. The fourth-order valence-electron chi connectivity index (χ4n) is 3.75. The van der Waals surface area contributed by atoms with Crippen molar-refractivity contribution >= 4 is 44.0 Å². The number of rotatable bonds is 1. The Kier molecular flexibility index (Phi) is 2.78. The zero-order chi connectivity index (χ0) is 18.0. The van der Waals surface area contributed by atoms with Crippen LogP contribution in [0, 0.1) is 6.92 Å². The van der Waals surface area contributed by atoms with Crippen LogP contribution in [-0.2, 0) is 0 Å². The van der Waals surface area contributed by atoms with Gasteiger partial charge in [0.2, 0.25) is 5.71 Å². The van der Waals surface area contributed by atoms with E-state index in [1.807, 2.05) is 43.3 Å². The second-order valence-corrected chi connectivity index (χ2v) is 6.75. The van der Waals surface area contributed by atoms with Gasteiger partial charge in [0.05, 0.1) is 11.9 Å². The summed E-state index contributed by atoms with van der Waals surface area (Å²) < 4.78 is 12.0. The summed E-state index contributed by atoms with van der Waals surface area (Å²) in [6.45, 7) is 1.97. The maximum atomic E-state index is 6.13. The summed E-state index contributed by atoms with van der Waals surface area (Å²) in [4.78, 5) is 9.16. The molecule has 4 heterocycles. The van der Waals surface area contributed by atoms with Gasteiger partial charge in [-0.3, -0.25) is 4.98 Å². The summed E-state index contributed by atoms with van der Waals surface area (Å²) in [5.74, 6) is 0. The number of hydrogen-bond acceptors (Lipinski definition) is 4. The smallest absolute Gasteiger partial charge is 0.227 e. The summed E-state index contributed by atoms with van der Waals surface area (Å²) in [7, 11) is 0. The van der Waals surface area contributed by atoms with Crippen molar-refractivity contribution in [2.45, 2.75) is 6.92 Å². The molecule has 6 rings (SSSR count). The van der Waals surface area contributed by atoms with Crippen molar-refractivity contribution in [1.82, 2.24) is 9.97 Å². The molecular formula is C23H14N2O2. The van der Waals surface area contributed by atoms with Crippen LogP contribution in [-0.4, -0.2) is 9.97 Å². The quantitative estimate of drug-likeness (QED) is 0.352. The third kappa shape index (κ3) is 2.04. The number of aromatic nitrogens is 2. The second kappa shape index (κ2) is 5.17. The van der Waals surface area contributed by atoms with E-state index in [4.69, 9.17) is 8.83 Å². The number of benzene rings is 2. The van der Waals surface area contributed by atoms with Crippen LogP contribution in [0.3, 0.4) is 0 Å². The van der Waals surface area contributed by atoms with Gasteiger partial charge in [0.1, 0.15) is 11.2 Å². The molecule has 0 aliphatic carbocycles. The van der Waals surface area contributed by atoms with Crippen LogP contribution in [0.25, 0.3) is 55.3 Å². The lowest BCUT2D eigenvalue weighted by atomic mass is 10.1. The van der Waals surface area contributed by atoms with Crippen molar-refractivity contribution in [2.24, 2.45) is 0 Å². The molecule has 2 aromatic carbocycles. The number of hydrogen-bond donors (Lipinski definition) is 0. The summed E-state index contributed by atoms with van der Waals surface area (Å²) >= 11 is 0. The number of pyridine rings is 2. The Morgan fingerprint density at radius 2 is 1.63 bits per heavy atom. The average molecular weight is 350 g/mol. The minimum atomic E-state index is 0.660. The van der Waals surface area contributed by atoms with Crippen LogP contribution in [0.1, 0.15) is 5.69 Å². The maximum absolute atomic E-state index is 6.13. The molecule has 0 saturated carbocycles. The molecule has 0 fully saturated rings. The van der Waals surface area contributed by atoms with Crippen molar-refractivity contribution in [3.05, 3.63) is 72.6 Å². The van der Waals surface area contributed by atoms with Crippen LogP contribution < -0.4 is 0 Å². The first kappa shape index (κ1) is 14.5. The van der Waals surface area contributed by atoms with Crippen LogP contribution in [0.5, 0.6) is 0 Å². The van der Waals surface area contributed by atoms with Gasteiger partial charge >= 0.3 is 0 Å². The number of nitrogens with zero attached hydrogens (tertiary/aromatic N) is 2. The van der Waals surface area contributed by atoms with Gasteiger partial charge in [-0.1, -0.05) is 30.3 Å². The molecule has 4 heteroatoms. The van der Waals surface area contributed by atoms with E-state index in [9.17, 15) is 0 Å². The predicted octanol–water partition coefficient (Wildman–Crippen LogP) is 6.25. The first-order chi connectivity index (χ1) is 13.3. The molecule has 4 nitrogen and oxygen atoms in total. The molecular weight excluding hydrogens is 336 g/mol. The molecule has 0 spiro atoms. The van der Waals surface area contributed by atoms with Gasteiger partial charge in [0, 0.05) is 32.8 Å². The van der Waals surface area contributed by atoms with Gasteiger partial charge in [0.15, 0.2) is 5.58 Å². The highest BCUT2D eigenvalue weighted by molar-refractivity contribution is 6.10. The lowest BCUT2D eigenvalue weighted by molar-refractivity contribution is 0.653. The Hall–Kier alpha value is -3.66. The van der Waals surface area contributed by atoms with Crippen molar-refractivity contribution in [2.75, 3.05) is 0 Å². The molecule has 6 aromatic rings. The molecule has 0 aliphatic heterocycles. The number of para-hydroxylation sites is 2. The largest absolute Gasteiger partial charge is 0.454 e. The molecule has 0 radical (unpaired) electrons. The number of aryl methyl sites for hydroxylation is 1. The highest BCUT2D eigenvalue weighted by Crippen LogP contribution is 2.36. The van der Waals surface area contributed by atoms with Crippen molar-refractivity contribution in [1.29, 1.82) is 0 Å². The Morgan fingerprint density at radius 1 is 0.741 bits per heavy atom. The summed E-state index contributed by atoms with van der Waals surface area (Å²) in [5.41, 5.74) is 5.87. The first-order valence-corrected chi connectivity index (χ1v) is 8.84. The third-order valence-electron chi connectivity index (χ3n) is 5.04. The molecule has 128 valence electrons. The van der Waals surface area contributed by atoms with E-state index >= 15 is 0 Å². The number of fused-ring (bicyclic) bond motifs is 6. The number of furan rings is 2. The topological polar surface area (TPSA) is 52.1 Å². The molecule has 0 amide bonds. The van der Waals surface area contributed by atoms with Crippen LogP contribution in [0.15, 0.2) is 75.7 Å². The molecule has 0 unspecified atom stereocenters. The van der Waals surface area contributed by atoms with E-state index in [0.29, 0.717) is 5.71 Å². The standard InChI is InChI=1S/C23H14N2O2/c1-13-9-10-16-15-6-4-7-17(22(15)27-23(16)25-13)19-11-18-14-5-2-3-8-20(14)26-21(18)12-24-19/h2-12H,1H3. The molecule has 0 aliphatic rings. The van der Waals surface area contributed by atoms with Crippen molar-refractivity contribution < 1.29 is 8.83 Å². The van der Waals surface area contributed by atoms with Gasteiger partial charge in [-0.15, -0.1) is 0 Å². The predicted molar refractivity (Wildman–Crippen MR) is 107 cm³/mol. The fraction of sp³-hybridized carbons (Fsp3) is 0.0435. The highest BCUT2D eigenvalue weighted by atomic mass is 16.3. The van der Waals surface area contributed by atoms with E-state index in [1.54, 1.807) is 6.20 Å². The lowest BCUT2D eigenvalue weighted by Gasteiger charge is -2.02. The monoisotopic (exact) mass is 350 g/mol. The molecule has 4 aromatic heterocycles. The van der Waals surface area contributed by atoms with E-state index in [0.717, 1.165) is 55.2 Å². The third-order valence-corrected chi connectivity index (χ3v) is 5.04. The van der Waals surface area contributed by atoms with E-state index < -0.39 is 0 Å². The molecule has 27 heavy (non-hydrogen) atoms. The molecule has 0 saturated heterocycles. The van der Waals surface area contributed by atoms with E-state index in [1.165, 1.54) is 0 Å². The van der Waals surface area contributed by atoms with Crippen LogP contribution in [0.4, 0.5) is 0 Å². The van der Waals surface area contributed by atoms with Gasteiger partial charge in [-0.05, 0) is 37.3 Å². The zero-order valence-electron chi connectivity index (χ0n) is 14.6. The van der Waals surface area contributed by atoms with Gasteiger partial charge in [-0.2, -0.15) is 0 Å². The summed E-state index contributed by atoms with van der Waals surface area (Å²) in [6.07, 6.45) is 1.79. The second-order valence-electron chi connectivity index (χ2n) is 6.75. The summed E-state index contributed by atoms with van der Waals surface area (Å²) in [6, 6.07) is 20.3. The Bertz CT molecular complexity index is 1490. The SMILES string of the molecule is Cc1ccc2c(n1)oc1c(-c3cc4c(cn3)oc3ccccc34)cccc12. The van der Waals surface area contributed by atoms with E-state index in [-0.39, 0.29) is 0 Å². The maximum Gasteiger partial charge on any atom is 0.227 e. The average Bonchev–Trinajstić information content (AvgIpc) is 3.24. The van der Waals surface area contributed by atoms with Gasteiger partial charge in [-0.25, -0.2) is 4.98 Å². The van der Waals surface area contributed by atoms with Crippen molar-refractivity contribution in [3.63, 3.8) is 0 Å². The highest BCUT2D eigenvalue weighted by Gasteiger charge is 2.15. The normalized spacial score (nSPS) is 11.9. The van der Waals surface area contributed by atoms with Gasteiger partial charge in [0.25, 0.3) is 0 Å². The molecule has 0 atom stereocenters. The Balaban J connectivity index is 1.67. The Labute approximate surface area is 154 Å². The minimum Gasteiger partial charge on any atom is -0.454 e. The fourth-order valence-corrected chi connectivity index (χ4v) is 3.75. The first-order valence-electron chi connectivity index (χ1n) is 8.84. The zero-order valence-corrected chi connectivity index (χ0v) is 14.6. The van der Waals surface area contributed by atoms with Crippen LogP contribution in [0.2, 0.25) is 0 Å². The van der Waals surface area contributed by atoms with Crippen LogP contribution >= 0.6 is 0 Å². The summed E-state index contributed by atoms with van der Waals surface area (Å²) in [5, 5.41) is 4.21. The minimum absolute atomic E-state index is 0.660. The molecule has 0 N–H and O–H groups in total. The Morgan fingerprint density at radius 3 is 2.59 bits per heavy atom. The lowest BCUT2D eigenvalue weighted by Crippen LogP contribution is -1.83. The van der Waals surface area contributed by atoms with E-state index in [2.05, 4.69) is 34.2 Å².